The molecular weight excluding hydrogens is 1020 g/mol. The largest absolute Gasteiger partial charge is 0.462 e. The minimum Gasteiger partial charge on any atom is -0.462 e. The third-order valence-electron chi connectivity index (χ3n) is 16.2. The van der Waals surface area contributed by atoms with Gasteiger partial charge in [0.2, 0.25) is 0 Å². The highest BCUT2D eigenvalue weighted by Crippen LogP contribution is 2.18. The summed E-state index contributed by atoms with van der Waals surface area (Å²) in [7, 11) is 0. The molecular formula is C77H138O6. The molecule has 0 aliphatic carbocycles. The van der Waals surface area contributed by atoms with Crippen LogP contribution in [0.4, 0.5) is 0 Å². The highest BCUT2D eigenvalue weighted by molar-refractivity contribution is 5.71. The number of hydrogen-bond donors (Lipinski definition) is 0. The summed E-state index contributed by atoms with van der Waals surface area (Å²) in [4.78, 5) is 38.3. The zero-order valence-corrected chi connectivity index (χ0v) is 55.5. The summed E-state index contributed by atoms with van der Waals surface area (Å²) in [6.07, 6.45) is 94.0. The van der Waals surface area contributed by atoms with E-state index in [1.54, 1.807) is 0 Å². The smallest absolute Gasteiger partial charge is 0.306 e. The van der Waals surface area contributed by atoms with Crippen LogP contribution in [-0.2, 0) is 28.6 Å². The molecule has 6 nitrogen and oxygen atoms in total. The SMILES string of the molecule is CC/C=C\C/C=C\C/C=C\C/C=C\C/C=C\CCCC(=O)OC(COC(=O)CCCCCCCCCCCCCCC)COC(=O)CCCCCCCCCCCCCCCCCCCCCCCCC/C=C\CCCCCCCCCC. The lowest BCUT2D eigenvalue weighted by Crippen LogP contribution is -2.30. The van der Waals surface area contributed by atoms with Crippen molar-refractivity contribution < 1.29 is 28.6 Å². The van der Waals surface area contributed by atoms with Crippen molar-refractivity contribution in [3.63, 3.8) is 0 Å². The van der Waals surface area contributed by atoms with Crippen molar-refractivity contribution in [2.45, 2.75) is 386 Å². The van der Waals surface area contributed by atoms with Gasteiger partial charge >= 0.3 is 17.9 Å². The molecule has 482 valence electrons. The van der Waals surface area contributed by atoms with Crippen molar-refractivity contribution >= 4 is 17.9 Å². The lowest BCUT2D eigenvalue weighted by molar-refractivity contribution is -0.167. The molecule has 0 aliphatic heterocycles. The lowest BCUT2D eigenvalue weighted by atomic mass is 10.0. The van der Waals surface area contributed by atoms with Gasteiger partial charge in [-0.25, -0.2) is 0 Å². The van der Waals surface area contributed by atoms with Gasteiger partial charge in [-0.05, 0) is 83.5 Å². The average Bonchev–Trinajstić information content (AvgIpc) is 3.49. The number of hydrogen-bond acceptors (Lipinski definition) is 6. The summed E-state index contributed by atoms with van der Waals surface area (Å²) in [6.45, 7) is 6.53. The zero-order valence-electron chi connectivity index (χ0n) is 55.5. The van der Waals surface area contributed by atoms with Gasteiger partial charge in [0.05, 0.1) is 0 Å². The van der Waals surface area contributed by atoms with Gasteiger partial charge in [-0.15, -0.1) is 0 Å². The molecule has 0 aliphatic rings. The maximum atomic E-state index is 12.9. The summed E-state index contributed by atoms with van der Waals surface area (Å²) < 4.78 is 16.9. The summed E-state index contributed by atoms with van der Waals surface area (Å²) in [6, 6.07) is 0. The summed E-state index contributed by atoms with van der Waals surface area (Å²) in [5, 5.41) is 0. The Morgan fingerprint density at radius 1 is 0.253 bits per heavy atom. The zero-order chi connectivity index (χ0) is 59.9. The van der Waals surface area contributed by atoms with Gasteiger partial charge in [-0.2, -0.15) is 0 Å². The Morgan fingerprint density at radius 3 is 0.783 bits per heavy atom. The number of unbranched alkanes of at least 4 members (excludes halogenated alkanes) is 44. The van der Waals surface area contributed by atoms with E-state index in [4.69, 9.17) is 14.2 Å². The molecule has 0 saturated carbocycles. The molecule has 0 heterocycles. The minimum absolute atomic E-state index is 0.0934. The Morgan fingerprint density at radius 2 is 0.482 bits per heavy atom. The molecule has 0 spiro atoms. The maximum absolute atomic E-state index is 12.9. The van der Waals surface area contributed by atoms with E-state index < -0.39 is 6.10 Å². The van der Waals surface area contributed by atoms with Gasteiger partial charge in [0.25, 0.3) is 0 Å². The average molecular weight is 1160 g/mol. The number of allylic oxidation sites excluding steroid dienone is 12. The highest BCUT2D eigenvalue weighted by Gasteiger charge is 2.19. The molecule has 0 radical (unpaired) electrons. The van der Waals surface area contributed by atoms with E-state index in [1.165, 1.54) is 257 Å². The van der Waals surface area contributed by atoms with Gasteiger partial charge in [-0.3, -0.25) is 14.4 Å². The molecule has 0 amide bonds. The van der Waals surface area contributed by atoms with Gasteiger partial charge < -0.3 is 14.2 Å². The molecule has 0 rings (SSSR count). The van der Waals surface area contributed by atoms with E-state index >= 15 is 0 Å². The molecule has 0 bridgehead atoms. The molecule has 1 unspecified atom stereocenters. The van der Waals surface area contributed by atoms with Crippen LogP contribution in [-0.4, -0.2) is 37.2 Å². The van der Waals surface area contributed by atoms with Gasteiger partial charge in [0.15, 0.2) is 6.10 Å². The minimum atomic E-state index is -0.803. The molecule has 1 atom stereocenters. The fourth-order valence-corrected chi connectivity index (χ4v) is 10.8. The van der Waals surface area contributed by atoms with E-state index in [0.717, 1.165) is 77.0 Å². The van der Waals surface area contributed by atoms with E-state index in [0.29, 0.717) is 19.3 Å². The van der Waals surface area contributed by atoms with Crippen LogP contribution >= 0.6 is 0 Å². The first-order chi connectivity index (χ1) is 41.0. The van der Waals surface area contributed by atoms with Crippen LogP contribution in [0.2, 0.25) is 0 Å². The Balaban J connectivity index is 4.12. The molecule has 0 saturated heterocycles. The van der Waals surface area contributed by atoms with Crippen LogP contribution in [0.25, 0.3) is 0 Å². The lowest BCUT2D eigenvalue weighted by Gasteiger charge is -2.18. The second-order valence-corrected chi connectivity index (χ2v) is 24.5. The van der Waals surface area contributed by atoms with Crippen LogP contribution < -0.4 is 0 Å². The van der Waals surface area contributed by atoms with Crippen molar-refractivity contribution in [3.05, 3.63) is 72.9 Å². The Kier molecular flexibility index (Phi) is 68.6. The van der Waals surface area contributed by atoms with E-state index in [1.807, 2.05) is 0 Å². The quantitative estimate of drug-likeness (QED) is 0.0261. The van der Waals surface area contributed by atoms with Crippen molar-refractivity contribution in [1.29, 1.82) is 0 Å². The molecule has 0 aromatic carbocycles. The number of rotatable bonds is 67. The monoisotopic (exact) mass is 1160 g/mol. The van der Waals surface area contributed by atoms with E-state index in [9.17, 15) is 14.4 Å². The molecule has 6 heteroatoms. The molecule has 0 fully saturated rings. The third kappa shape index (κ3) is 69.5. The number of carbonyl (C=O) groups is 3. The summed E-state index contributed by atoms with van der Waals surface area (Å²) in [5.74, 6) is -0.932. The fraction of sp³-hybridized carbons (Fsp3) is 0.805. The topological polar surface area (TPSA) is 78.9 Å². The first-order valence-electron chi connectivity index (χ1n) is 36.4. The molecule has 83 heavy (non-hydrogen) atoms. The van der Waals surface area contributed by atoms with Crippen LogP contribution in [0.15, 0.2) is 72.9 Å². The van der Waals surface area contributed by atoms with Crippen LogP contribution in [0.5, 0.6) is 0 Å². The Bertz CT molecular complexity index is 1520. The second-order valence-electron chi connectivity index (χ2n) is 24.5. The van der Waals surface area contributed by atoms with Crippen molar-refractivity contribution in [1.82, 2.24) is 0 Å². The second kappa shape index (κ2) is 71.3. The normalized spacial score (nSPS) is 12.5. The van der Waals surface area contributed by atoms with Gasteiger partial charge in [0, 0.05) is 19.3 Å². The number of ether oxygens (including phenoxy) is 3. The van der Waals surface area contributed by atoms with E-state index in [-0.39, 0.29) is 37.5 Å². The Hall–Kier alpha value is -3.15. The first-order valence-corrected chi connectivity index (χ1v) is 36.4. The predicted octanol–water partition coefficient (Wildman–Crippen LogP) is 25.2. The van der Waals surface area contributed by atoms with Gasteiger partial charge in [-0.1, -0.05) is 351 Å². The molecule has 0 aromatic heterocycles. The van der Waals surface area contributed by atoms with Crippen LogP contribution in [0.3, 0.4) is 0 Å². The number of esters is 3. The Labute approximate surface area is 516 Å². The predicted molar refractivity (Wildman–Crippen MR) is 362 cm³/mol. The van der Waals surface area contributed by atoms with Crippen molar-refractivity contribution in [3.8, 4) is 0 Å². The van der Waals surface area contributed by atoms with Crippen molar-refractivity contribution in [2.75, 3.05) is 13.2 Å². The molecule has 0 aromatic rings. The number of carbonyl (C=O) groups excluding carboxylic acids is 3. The highest BCUT2D eigenvalue weighted by atomic mass is 16.6. The third-order valence-corrected chi connectivity index (χ3v) is 16.2. The standard InChI is InChI=1S/C77H138O6/c1-4-7-10-13-16-19-22-25-27-29-30-31-32-33-34-35-36-37-38-39-40-41-42-43-44-45-46-48-49-52-55-58-61-64-67-70-76(79)82-73-74(72-81-75(78)69-66-63-60-57-54-51-24-21-18-15-12-9-6-3)83-77(80)71-68-65-62-59-56-53-50-47-28-26-23-20-17-14-11-8-5-2/h8,11,17,20,26,28-30,50,53,59,62,74H,4-7,9-10,12-16,18-19,21-25,27,31-49,51-52,54-58,60-61,63-73H2,1-3H3/b11-8-,20-17-,28-26-,30-29-,53-50-,62-59-. The first kappa shape index (κ1) is 79.8. The van der Waals surface area contributed by atoms with Gasteiger partial charge in [0.1, 0.15) is 13.2 Å². The van der Waals surface area contributed by atoms with Crippen LogP contribution in [0.1, 0.15) is 380 Å². The summed E-state index contributed by atoms with van der Waals surface area (Å²) in [5.41, 5.74) is 0. The van der Waals surface area contributed by atoms with E-state index in [2.05, 4.69) is 93.7 Å². The maximum Gasteiger partial charge on any atom is 0.306 e. The fourth-order valence-electron chi connectivity index (χ4n) is 10.8. The van der Waals surface area contributed by atoms with Crippen molar-refractivity contribution in [2.24, 2.45) is 0 Å². The summed E-state index contributed by atoms with van der Waals surface area (Å²) >= 11 is 0. The molecule has 0 N–H and O–H groups in total. The van der Waals surface area contributed by atoms with Crippen LogP contribution in [0, 0.1) is 0 Å².